The van der Waals surface area contributed by atoms with Crippen molar-refractivity contribution in [3.8, 4) is 5.75 Å². The Kier molecular flexibility index (Phi) is 5.83. The van der Waals surface area contributed by atoms with Gasteiger partial charge in [0, 0.05) is 20.6 Å². The van der Waals surface area contributed by atoms with Gasteiger partial charge in [0.25, 0.3) is 0 Å². The Morgan fingerprint density at radius 2 is 1.84 bits per heavy atom. The maximum atomic E-state index is 12.1. The van der Waals surface area contributed by atoms with E-state index >= 15 is 0 Å². The van der Waals surface area contributed by atoms with E-state index in [0.717, 1.165) is 12.0 Å². The third-order valence-electron chi connectivity index (χ3n) is 2.93. The highest BCUT2D eigenvalue weighted by Crippen LogP contribution is 2.11. The normalized spacial score (nSPS) is 12.5. The van der Waals surface area contributed by atoms with Gasteiger partial charge in [-0.25, -0.2) is 0 Å². The Labute approximate surface area is 115 Å². The van der Waals surface area contributed by atoms with Gasteiger partial charge in [0.2, 0.25) is 5.91 Å². The highest BCUT2D eigenvalue weighted by molar-refractivity contribution is 5.81. The van der Waals surface area contributed by atoms with Crippen molar-refractivity contribution in [2.24, 2.45) is 5.92 Å². The van der Waals surface area contributed by atoms with Crippen LogP contribution in [0.25, 0.3) is 0 Å². The molecule has 4 nitrogen and oxygen atoms in total. The third kappa shape index (κ3) is 5.30. The van der Waals surface area contributed by atoms with Crippen LogP contribution in [-0.2, 0) is 11.3 Å². The number of aromatic hydroxyl groups is 1. The van der Waals surface area contributed by atoms with Crippen molar-refractivity contribution in [1.29, 1.82) is 0 Å². The lowest BCUT2D eigenvalue weighted by atomic mass is 10.0. The minimum Gasteiger partial charge on any atom is -0.508 e. The molecule has 0 fully saturated rings. The fourth-order valence-corrected chi connectivity index (χ4v) is 1.91. The second-order valence-corrected chi connectivity index (χ2v) is 5.46. The standard InChI is InChI=1S/C15H24N2O2/c1-11(2)9-14(15(19)17(3)4)16-10-12-5-7-13(18)8-6-12/h5-8,11,14,16,18H,9-10H2,1-4H3. The zero-order valence-corrected chi connectivity index (χ0v) is 12.2. The molecular formula is C15H24N2O2. The molecule has 0 saturated carbocycles. The summed E-state index contributed by atoms with van der Waals surface area (Å²) >= 11 is 0. The number of hydrogen-bond acceptors (Lipinski definition) is 3. The van der Waals surface area contributed by atoms with E-state index in [1.54, 1.807) is 31.1 Å². The average Bonchev–Trinajstić information content (AvgIpc) is 2.35. The van der Waals surface area contributed by atoms with Crippen LogP contribution in [0.3, 0.4) is 0 Å². The number of nitrogens with zero attached hydrogens (tertiary/aromatic N) is 1. The van der Waals surface area contributed by atoms with Crippen LogP contribution in [0.2, 0.25) is 0 Å². The topological polar surface area (TPSA) is 52.6 Å². The molecule has 0 aliphatic rings. The first kappa shape index (κ1) is 15.5. The molecule has 1 aromatic rings. The predicted molar refractivity (Wildman–Crippen MR) is 76.9 cm³/mol. The summed E-state index contributed by atoms with van der Waals surface area (Å²) < 4.78 is 0. The number of nitrogens with one attached hydrogen (secondary N) is 1. The van der Waals surface area contributed by atoms with E-state index in [9.17, 15) is 9.90 Å². The van der Waals surface area contributed by atoms with Gasteiger partial charge in [-0.05, 0) is 30.0 Å². The van der Waals surface area contributed by atoms with Crippen LogP contribution in [0.4, 0.5) is 0 Å². The molecule has 0 aliphatic carbocycles. The quantitative estimate of drug-likeness (QED) is 0.826. The molecule has 0 aromatic heterocycles. The van der Waals surface area contributed by atoms with Crippen molar-refractivity contribution in [2.75, 3.05) is 14.1 Å². The number of phenols is 1. The Hall–Kier alpha value is -1.55. The van der Waals surface area contributed by atoms with Gasteiger partial charge in [0.1, 0.15) is 5.75 Å². The fourth-order valence-electron chi connectivity index (χ4n) is 1.91. The number of rotatable bonds is 6. The summed E-state index contributed by atoms with van der Waals surface area (Å²) in [6.45, 7) is 4.84. The SMILES string of the molecule is CC(C)CC(NCc1ccc(O)cc1)C(=O)N(C)C. The maximum Gasteiger partial charge on any atom is 0.239 e. The highest BCUT2D eigenvalue weighted by Gasteiger charge is 2.20. The summed E-state index contributed by atoms with van der Waals surface area (Å²) in [5.41, 5.74) is 1.05. The van der Waals surface area contributed by atoms with Gasteiger partial charge in [-0.15, -0.1) is 0 Å². The van der Waals surface area contributed by atoms with Crippen LogP contribution >= 0.6 is 0 Å². The average molecular weight is 264 g/mol. The van der Waals surface area contributed by atoms with Crippen molar-refractivity contribution < 1.29 is 9.90 Å². The summed E-state index contributed by atoms with van der Waals surface area (Å²) in [5.74, 6) is 0.820. The molecule has 4 heteroatoms. The molecule has 0 aliphatic heterocycles. The number of likely N-dealkylation sites (N-methyl/N-ethyl adjacent to an activating group) is 1. The second kappa shape index (κ2) is 7.14. The van der Waals surface area contributed by atoms with Gasteiger partial charge >= 0.3 is 0 Å². The Bertz CT molecular complexity index is 399. The molecule has 1 unspecified atom stereocenters. The van der Waals surface area contributed by atoms with Gasteiger partial charge in [-0.1, -0.05) is 26.0 Å². The maximum absolute atomic E-state index is 12.1. The van der Waals surface area contributed by atoms with Gasteiger partial charge in [0.15, 0.2) is 0 Å². The van der Waals surface area contributed by atoms with Crippen LogP contribution < -0.4 is 5.32 Å². The molecule has 19 heavy (non-hydrogen) atoms. The molecule has 0 heterocycles. The lowest BCUT2D eigenvalue weighted by Crippen LogP contribution is -2.44. The lowest BCUT2D eigenvalue weighted by Gasteiger charge is -2.23. The summed E-state index contributed by atoms with van der Waals surface area (Å²) in [5, 5.41) is 12.5. The summed E-state index contributed by atoms with van der Waals surface area (Å²) in [6.07, 6.45) is 0.815. The first-order valence-corrected chi connectivity index (χ1v) is 6.62. The minimum atomic E-state index is -0.163. The summed E-state index contributed by atoms with van der Waals surface area (Å²) in [6, 6.07) is 6.86. The van der Waals surface area contributed by atoms with Gasteiger partial charge in [-0.2, -0.15) is 0 Å². The second-order valence-electron chi connectivity index (χ2n) is 5.46. The van der Waals surface area contributed by atoms with Crippen LogP contribution in [0.1, 0.15) is 25.8 Å². The number of carbonyl (C=O) groups is 1. The summed E-state index contributed by atoms with van der Waals surface area (Å²) in [4.78, 5) is 13.7. The van der Waals surface area contributed by atoms with E-state index < -0.39 is 0 Å². The molecule has 0 bridgehead atoms. The van der Waals surface area contributed by atoms with Crippen molar-refractivity contribution in [3.05, 3.63) is 29.8 Å². The summed E-state index contributed by atoms with van der Waals surface area (Å²) in [7, 11) is 3.55. The van der Waals surface area contributed by atoms with Crippen LogP contribution in [0.15, 0.2) is 24.3 Å². The van der Waals surface area contributed by atoms with E-state index in [1.807, 2.05) is 12.1 Å². The Balaban J connectivity index is 2.62. The van der Waals surface area contributed by atoms with Crippen molar-refractivity contribution >= 4 is 5.91 Å². The van der Waals surface area contributed by atoms with E-state index in [1.165, 1.54) is 0 Å². The molecule has 0 saturated heterocycles. The molecule has 1 aromatic carbocycles. The molecule has 0 spiro atoms. The molecule has 2 N–H and O–H groups in total. The Morgan fingerprint density at radius 3 is 2.32 bits per heavy atom. The number of phenolic OH excluding ortho intramolecular Hbond substituents is 1. The minimum absolute atomic E-state index is 0.104. The zero-order chi connectivity index (χ0) is 14.4. The van der Waals surface area contributed by atoms with E-state index in [0.29, 0.717) is 12.5 Å². The predicted octanol–water partition coefficient (Wildman–Crippen LogP) is 1.98. The first-order valence-electron chi connectivity index (χ1n) is 6.62. The third-order valence-corrected chi connectivity index (χ3v) is 2.93. The highest BCUT2D eigenvalue weighted by atomic mass is 16.3. The molecule has 106 valence electrons. The number of hydrogen-bond donors (Lipinski definition) is 2. The van der Waals surface area contributed by atoms with Crippen molar-refractivity contribution in [1.82, 2.24) is 10.2 Å². The van der Waals surface area contributed by atoms with E-state index in [-0.39, 0.29) is 17.7 Å². The van der Waals surface area contributed by atoms with Crippen LogP contribution in [-0.4, -0.2) is 36.1 Å². The molecule has 0 radical (unpaired) electrons. The number of amides is 1. The number of benzene rings is 1. The van der Waals surface area contributed by atoms with E-state index in [2.05, 4.69) is 19.2 Å². The van der Waals surface area contributed by atoms with Gasteiger partial charge in [-0.3, -0.25) is 4.79 Å². The zero-order valence-electron chi connectivity index (χ0n) is 12.2. The van der Waals surface area contributed by atoms with Gasteiger partial charge < -0.3 is 15.3 Å². The first-order chi connectivity index (χ1) is 8.90. The monoisotopic (exact) mass is 264 g/mol. The molecule has 1 amide bonds. The smallest absolute Gasteiger partial charge is 0.239 e. The molecular weight excluding hydrogens is 240 g/mol. The number of carbonyl (C=O) groups excluding carboxylic acids is 1. The van der Waals surface area contributed by atoms with Crippen molar-refractivity contribution in [3.63, 3.8) is 0 Å². The van der Waals surface area contributed by atoms with E-state index in [4.69, 9.17) is 0 Å². The molecule has 1 rings (SSSR count). The van der Waals surface area contributed by atoms with Gasteiger partial charge in [0.05, 0.1) is 6.04 Å². The van der Waals surface area contributed by atoms with Crippen LogP contribution in [0.5, 0.6) is 5.75 Å². The largest absolute Gasteiger partial charge is 0.508 e. The fraction of sp³-hybridized carbons (Fsp3) is 0.533. The molecule has 1 atom stereocenters. The van der Waals surface area contributed by atoms with Crippen LogP contribution in [0, 0.1) is 5.92 Å². The van der Waals surface area contributed by atoms with Crippen molar-refractivity contribution in [2.45, 2.75) is 32.9 Å². The Morgan fingerprint density at radius 1 is 1.26 bits per heavy atom. The lowest BCUT2D eigenvalue weighted by molar-refractivity contribution is -0.131.